The Kier molecular flexibility index (Phi) is 2.44. The van der Waals surface area contributed by atoms with Gasteiger partial charge in [-0.2, -0.15) is 0 Å². The molecule has 0 amide bonds. The lowest BCUT2D eigenvalue weighted by Gasteiger charge is -2.22. The summed E-state index contributed by atoms with van der Waals surface area (Å²) in [4.78, 5) is 15.3. The minimum absolute atomic E-state index is 0.227. The lowest BCUT2D eigenvalue weighted by Crippen LogP contribution is -2.14. The van der Waals surface area contributed by atoms with Crippen LogP contribution in [0.3, 0.4) is 0 Å². The van der Waals surface area contributed by atoms with Gasteiger partial charge in [-0.25, -0.2) is 0 Å². The molecule has 2 rings (SSSR count). The van der Waals surface area contributed by atoms with Crippen LogP contribution in [0.4, 0.5) is 0 Å². The Balaban J connectivity index is 2.14. The molecule has 1 aromatic rings. The van der Waals surface area contributed by atoms with E-state index in [1.165, 1.54) is 5.56 Å². The molecule has 1 atom stereocenters. The first-order valence-electron chi connectivity index (χ1n) is 4.88. The van der Waals surface area contributed by atoms with Crippen LogP contribution in [0, 0.1) is 0 Å². The summed E-state index contributed by atoms with van der Waals surface area (Å²) < 4.78 is 0. The molecule has 0 saturated heterocycles. The predicted octanol–water partition coefficient (Wildman–Crippen LogP) is 2.47. The van der Waals surface area contributed by atoms with Gasteiger partial charge in [0.15, 0.2) is 5.78 Å². The molecule has 1 unspecified atom stereocenters. The normalized spacial score (nSPS) is 22.4. The number of Topliss-reactive ketones (excluding diaryl/α,β-unsaturated/α-hetero) is 1. The number of hydrogen-bond donors (Lipinski definition) is 0. The molecule has 2 heteroatoms. The van der Waals surface area contributed by atoms with E-state index in [1.54, 1.807) is 6.20 Å². The maximum Gasteiger partial charge on any atom is 0.158 e. The van der Waals surface area contributed by atoms with Crippen LogP contribution in [-0.2, 0) is 4.79 Å². The summed E-state index contributed by atoms with van der Waals surface area (Å²) in [5.74, 6) is 0.666. The monoisotopic (exact) mass is 187 g/mol. The van der Waals surface area contributed by atoms with Gasteiger partial charge in [0.1, 0.15) is 0 Å². The van der Waals surface area contributed by atoms with Crippen LogP contribution in [0.25, 0.3) is 0 Å². The molecule has 0 radical (unpaired) electrons. The number of aromatic nitrogens is 1. The van der Waals surface area contributed by atoms with Crippen molar-refractivity contribution in [2.75, 3.05) is 0 Å². The molecule has 1 heterocycles. The van der Waals surface area contributed by atoms with Gasteiger partial charge in [-0.15, -0.1) is 0 Å². The summed E-state index contributed by atoms with van der Waals surface area (Å²) in [6.07, 6.45) is 6.02. The van der Waals surface area contributed by atoms with E-state index in [1.807, 2.05) is 12.3 Å². The first kappa shape index (κ1) is 9.13. The van der Waals surface area contributed by atoms with Gasteiger partial charge in [-0.1, -0.05) is 12.6 Å². The molecule has 72 valence electrons. The first-order valence-corrected chi connectivity index (χ1v) is 4.88. The quantitative estimate of drug-likeness (QED) is 0.632. The molecule has 0 bridgehead atoms. The zero-order chi connectivity index (χ0) is 9.97. The topological polar surface area (TPSA) is 30.0 Å². The molecule has 0 aromatic carbocycles. The maximum atomic E-state index is 11.3. The predicted molar refractivity (Wildman–Crippen MR) is 55.0 cm³/mol. The molecular formula is C12H13NO. The summed E-state index contributed by atoms with van der Waals surface area (Å²) >= 11 is 0. The number of nitrogens with zero attached hydrogens (tertiary/aromatic N) is 1. The SMILES string of the molecule is C=C1CC(c2cccnc2)CCC1=O. The number of ketones is 1. The summed E-state index contributed by atoms with van der Waals surface area (Å²) in [7, 11) is 0. The molecule has 0 spiro atoms. The van der Waals surface area contributed by atoms with Gasteiger partial charge in [0.05, 0.1) is 0 Å². The van der Waals surface area contributed by atoms with E-state index < -0.39 is 0 Å². The molecule has 14 heavy (non-hydrogen) atoms. The smallest absolute Gasteiger partial charge is 0.158 e. The van der Waals surface area contributed by atoms with Gasteiger partial charge >= 0.3 is 0 Å². The van der Waals surface area contributed by atoms with Crippen molar-refractivity contribution in [3.8, 4) is 0 Å². The van der Waals surface area contributed by atoms with E-state index in [0.29, 0.717) is 12.3 Å². The average molecular weight is 187 g/mol. The largest absolute Gasteiger partial charge is 0.295 e. The second-order valence-corrected chi connectivity index (χ2v) is 3.75. The Hall–Kier alpha value is -1.44. The highest BCUT2D eigenvalue weighted by atomic mass is 16.1. The zero-order valence-electron chi connectivity index (χ0n) is 8.07. The van der Waals surface area contributed by atoms with Gasteiger partial charge in [0.25, 0.3) is 0 Å². The molecule has 1 aliphatic carbocycles. The number of allylic oxidation sites excluding steroid dienone is 1. The van der Waals surface area contributed by atoms with Crippen LogP contribution in [0.15, 0.2) is 36.7 Å². The summed E-state index contributed by atoms with van der Waals surface area (Å²) in [5, 5.41) is 0. The minimum Gasteiger partial charge on any atom is -0.295 e. The van der Waals surface area contributed by atoms with Crippen molar-refractivity contribution in [3.63, 3.8) is 0 Å². The van der Waals surface area contributed by atoms with Crippen LogP contribution in [0.5, 0.6) is 0 Å². The molecule has 2 nitrogen and oxygen atoms in total. The van der Waals surface area contributed by atoms with Crippen LogP contribution in [-0.4, -0.2) is 10.8 Å². The lowest BCUT2D eigenvalue weighted by atomic mass is 9.82. The Morgan fingerprint density at radius 2 is 2.36 bits per heavy atom. The van der Waals surface area contributed by atoms with Crippen molar-refractivity contribution in [2.45, 2.75) is 25.2 Å². The summed E-state index contributed by atoms with van der Waals surface area (Å²) in [6, 6.07) is 4.01. The Labute approximate surface area is 83.7 Å². The lowest BCUT2D eigenvalue weighted by molar-refractivity contribution is -0.116. The molecule has 1 aliphatic rings. The number of pyridine rings is 1. The third-order valence-electron chi connectivity index (χ3n) is 2.76. The average Bonchev–Trinajstić information content (AvgIpc) is 2.23. The Morgan fingerprint density at radius 1 is 1.50 bits per heavy atom. The van der Waals surface area contributed by atoms with Gasteiger partial charge < -0.3 is 0 Å². The minimum atomic E-state index is 0.227. The van der Waals surface area contributed by atoms with Crippen LogP contribution >= 0.6 is 0 Å². The van der Waals surface area contributed by atoms with Crippen LogP contribution in [0.2, 0.25) is 0 Å². The molecule has 1 saturated carbocycles. The summed E-state index contributed by atoms with van der Waals surface area (Å²) in [5.41, 5.74) is 1.99. The molecule has 0 N–H and O–H groups in total. The van der Waals surface area contributed by atoms with E-state index in [0.717, 1.165) is 18.4 Å². The van der Waals surface area contributed by atoms with E-state index >= 15 is 0 Å². The van der Waals surface area contributed by atoms with Gasteiger partial charge in [-0.05, 0) is 36.0 Å². The third kappa shape index (κ3) is 1.74. The number of carbonyl (C=O) groups excluding carboxylic acids is 1. The van der Waals surface area contributed by atoms with Crippen molar-refractivity contribution < 1.29 is 4.79 Å². The molecule has 1 fully saturated rings. The van der Waals surface area contributed by atoms with E-state index in [2.05, 4.69) is 17.6 Å². The Morgan fingerprint density at radius 3 is 3.00 bits per heavy atom. The molecule has 1 aromatic heterocycles. The Bertz CT molecular complexity index is 356. The van der Waals surface area contributed by atoms with Gasteiger partial charge in [0, 0.05) is 18.8 Å². The first-order chi connectivity index (χ1) is 6.77. The molecule has 0 aliphatic heterocycles. The van der Waals surface area contributed by atoms with Crippen molar-refractivity contribution in [1.82, 2.24) is 4.98 Å². The summed E-state index contributed by atoms with van der Waals surface area (Å²) in [6.45, 7) is 3.80. The second kappa shape index (κ2) is 3.74. The van der Waals surface area contributed by atoms with Crippen molar-refractivity contribution in [3.05, 3.63) is 42.2 Å². The highest BCUT2D eigenvalue weighted by Gasteiger charge is 2.22. The van der Waals surface area contributed by atoms with Gasteiger partial charge in [0.2, 0.25) is 0 Å². The van der Waals surface area contributed by atoms with E-state index in [4.69, 9.17) is 0 Å². The number of hydrogen-bond acceptors (Lipinski definition) is 2. The van der Waals surface area contributed by atoms with Crippen molar-refractivity contribution >= 4 is 5.78 Å². The van der Waals surface area contributed by atoms with Crippen molar-refractivity contribution in [1.29, 1.82) is 0 Å². The van der Waals surface area contributed by atoms with E-state index in [-0.39, 0.29) is 5.78 Å². The number of rotatable bonds is 1. The fourth-order valence-corrected chi connectivity index (χ4v) is 1.90. The fraction of sp³-hybridized carbons (Fsp3) is 0.333. The standard InChI is InChI=1S/C12H13NO/c1-9-7-10(4-5-12(9)14)11-3-2-6-13-8-11/h2-3,6,8,10H,1,4-5,7H2. The maximum absolute atomic E-state index is 11.3. The van der Waals surface area contributed by atoms with Crippen LogP contribution < -0.4 is 0 Å². The zero-order valence-corrected chi connectivity index (χ0v) is 8.07. The molecular weight excluding hydrogens is 174 g/mol. The van der Waals surface area contributed by atoms with Gasteiger partial charge in [-0.3, -0.25) is 9.78 Å². The van der Waals surface area contributed by atoms with Crippen molar-refractivity contribution in [2.24, 2.45) is 0 Å². The third-order valence-corrected chi connectivity index (χ3v) is 2.76. The van der Waals surface area contributed by atoms with Crippen LogP contribution in [0.1, 0.15) is 30.7 Å². The van der Waals surface area contributed by atoms with E-state index in [9.17, 15) is 4.79 Å². The highest BCUT2D eigenvalue weighted by molar-refractivity contribution is 5.95. The highest BCUT2D eigenvalue weighted by Crippen LogP contribution is 2.32. The number of carbonyl (C=O) groups is 1. The fourth-order valence-electron chi connectivity index (χ4n) is 1.90. The second-order valence-electron chi connectivity index (χ2n) is 3.75.